The van der Waals surface area contributed by atoms with Crippen LogP contribution in [0.15, 0.2) is 48.5 Å². The first-order chi connectivity index (χ1) is 11.9. The molecule has 0 radical (unpaired) electrons. The standard InChI is InChI=1S/C19H19Cl2NO3/c1-12(2)17(22-18(23)15-5-3-4-6-16(15)21)19(24)25-11-13-7-9-14(20)10-8-13/h3-10,12,17H,11H2,1-2H3,(H,22,23). The molecule has 0 aromatic heterocycles. The van der Waals surface area contributed by atoms with E-state index < -0.39 is 17.9 Å². The molecule has 0 saturated heterocycles. The van der Waals surface area contributed by atoms with Gasteiger partial charge in [-0.1, -0.05) is 61.3 Å². The number of benzene rings is 2. The van der Waals surface area contributed by atoms with Crippen LogP contribution in [0.3, 0.4) is 0 Å². The van der Waals surface area contributed by atoms with Crippen molar-refractivity contribution in [3.63, 3.8) is 0 Å². The molecule has 0 saturated carbocycles. The molecule has 2 rings (SSSR count). The molecule has 0 bridgehead atoms. The first-order valence-electron chi connectivity index (χ1n) is 7.85. The lowest BCUT2D eigenvalue weighted by Gasteiger charge is -2.21. The van der Waals surface area contributed by atoms with Gasteiger partial charge in [-0.05, 0) is 35.7 Å². The summed E-state index contributed by atoms with van der Waals surface area (Å²) in [4.78, 5) is 24.8. The summed E-state index contributed by atoms with van der Waals surface area (Å²) in [7, 11) is 0. The van der Waals surface area contributed by atoms with Gasteiger partial charge >= 0.3 is 5.97 Å². The van der Waals surface area contributed by atoms with E-state index in [0.717, 1.165) is 5.56 Å². The van der Waals surface area contributed by atoms with Crippen LogP contribution in [0.4, 0.5) is 0 Å². The maximum Gasteiger partial charge on any atom is 0.329 e. The Morgan fingerprint density at radius 2 is 1.68 bits per heavy atom. The van der Waals surface area contributed by atoms with Gasteiger partial charge in [0.25, 0.3) is 5.91 Å². The second kappa shape index (κ2) is 8.88. The summed E-state index contributed by atoms with van der Waals surface area (Å²) in [5.41, 5.74) is 1.14. The largest absolute Gasteiger partial charge is 0.459 e. The zero-order valence-corrected chi connectivity index (χ0v) is 15.5. The molecule has 0 aliphatic rings. The van der Waals surface area contributed by atoms with Crippen LogP contribution in [0.25, 0.3) is 0 Å². The normalized spacial score (nSPS) is 11.9. The summed E-state index contributed by atoms with van der Waals surface area (Å²) in [6.45, 7) is 3.78. The van der Waals surface area contributed by atoms with Gasteiger partial charge in [0.15, 0.2) is 0 Å². The molecule has 1 amide bonds. The van der Waals surface area contributed by atoms with E-state index in [1.807, 2.05) is 13.8 Å². The average Bonchev–Trinajstić information content (AvgIpc) is 2.58. The van der Waals surface area contributed by atoms with Gasteiger partial charge in [-0.2, -0.15) is 0 Å². The van der Waals surface area contributed by atoms with Crippen LogP contribution in [0.1, 0.15) is 29.8 Å². The quantitative estimate of drug-likeness (QED) is 0.752. The molecule has 1 unspecified atom stereocenters. The zero-order chi connectivity index (χ0) is 18.4. The minimum absolute atomic E-state index is 0.112. The number of carbonyl (C=O) groups excluding carboxylic acids is 2. The third-order valence-electron chi connectivity index (χ3n) is 3.62. The van der Waals surface area contributed by atoms with Crippen molar-refractivity contribution in [1.82, 2.24) is 5.32 Å². The number of ether oxygens (including phenoxy) is 1. The third kappa shape index (κ3) is 5.48. The summed E-state index contributed by atoms with van der Waals surface area (Å²) in [6, 6.07) is 12.9. The van der Waals surface area contributed by atoms with Crippen molar-refractivity contribution < 1.29 is 14.3 Å². The molecule has 4 nitrogen and oxygen atoms in total. The number of nitrogens with one attached hydrogen (secondary N) is 1. The van der Waals surface area contributed by atoms with Gasteiger partial charge in [-0.25, -0.2) is 4.79 Å². The fourth-order valence-corrected chi connectivity index (χ4v) is 2.53. The highest BCUT2D eigenvalue weighted by molar-refractivity contribution is 6.33. The molecule has 0 aliphatic heterocycles. The molecular weight excluding hydrogens is 361 g/mol. The maximum atomic E-state index is 12.4. The molecule has 1 atom stereocenters. The molecule has 0 heterocycles. The number of rotatable bonds is 6. The number of halogens is 2. The molecule has 132 valence electrons. The van der Waals surface area contributed by atoms with Gasteiger partial charge in [0.1, 0.15) is 12.6 Å². The molecule has 0 aliphatic carbocycles. The van der Waals surface area contributed by atoms with E-state index in [0.29, 0.717) is 15.6 Å². The van der Waals surface area contributed by atoms with Crippen molar-refractivity contribution in [2.24, 2.45) is 5.92 Å². The van der Waals surface area contributed by atoms with Gasteiger partial charge in [-0.3, -0.25) is 4.79 Å². The summed E-state index contributed by atoms with van der Waals surface area (Å²) >= 11 is 11.9. The average molecular weight is 380 g/mol. The van der Waals surface area contributed by atoms with E-state index in [1.54, 1.807) is 48.5 Å². The molecule has 6 heteroatoms. The summed E-state index contributed by atoms with van der Waals surface area (Å²) in [5.74, 6) is -1.04. The van der Waals surface area contributed by atoms with Gasteiger partial charge in [0, 0.05) is 5.02 Å². The predicted molar refractivity (Wildman–Crippen MR) is 98.8 cm³/mol. The number of esters is 1. The van der Waals surface area contributed by atoms with Crippen molar-refractivity contribution in [3.05, 3.63) is 69.7 Å². The van der Waals surface area contributed by atoms with Crippen LogP contribution < -0.4 is 5.32 Å². The Balaban J connectivity index is 2.01. The lowest BCUT2D eigenvalue weighted by Crippen LogP contribution is -2.45. The molecular formula is C19H19Cl2NO3. The van der Waals surface area contributed by atoms with Gasteiger partial charge in [0.2, 0.25) is 0 Å². The summed E-state index contributed by atoms with van der Waals surface area (Å²) in [6.07, 6.45) is 0. The lowest BCUT2D eigenvalue weighted by atomic mass is 10.0. The molecule has 1 N–H and O–H groups in total. The monoisotopic (exact) mass is 379 g/mol. The Morgan fingerprint density at radius 1 is 1.04 bits per heavy atom. The number of amides is 1. The summed E-state index contributed by atoms with van der Waals surface area (Å²) < 4.78 is 5.33. The topological polar surface area (TPSA) is 55.4 Å². The molecule has 2 aromatic rings. The van der Waals surface area contributed by atoms with Crippen molar-refractivity contribution in [2.45, 2.75) is 26.5 Å². The highest BCUT2D eigenvalue weighted by atomic mass is 35.5. The fraction of sp³-hybridized carbons (Fsp3) is 0.263. The Hall–Kier alpha value is -2.04. The van der Waals surface area contributed by atoms with E-state index in [4.69, 9.17) is 27.9 Å². The highest BCUT2D eigenvalue weighted by Gasteiger charge is 2.26. The van der Waals surface area contributed by atoms with Crippen LogP contribution in [0.2, 0.25) is 10.0 Å². The predicted octanol–water partition coefficient (Wildman–Crippen LogP) is 4.49. The van der Waals surface area contributed by atoms with Crippen LogP contribution in [-0.4, -0.2) is 17.9 Å². The smallest absolute Gasteiger partial charge is 0.329 e. The van der Waals surface area contributed by atoms with Crippen LogP contribution in [0, 0.1) is 5.92 Å². The van der Waals surface area contributed by atoms with E-state index in [-0.39, 0.29) is 12.5 Å². The maximum absolute atomic E-state index is 12.4. The highest BCUT2D eigenvalue weighted by Crippen LogP contribution is 2.16. The zero-order valence-electron chi connectivity index (χ0n) is 14.0. The Labute approximate surface area is 157 Å². The second-order valence-electron chi connectivity index (χ2n) is 5.91. The Bertz CT molecular complexity index is 745. The fourth-order valence-electron chi connectivity index (χ4n) is 2.19. The minimum atomic E-state index is -0.768. The SMILES string of the molecule is CC(C)C(NC(=O)c1ccccc1Cl)C(=O)OCc1ccc(Cl)cc1. The first-order valence-corrected chi connectivity index (χ1v) is 8.60. The number of hydrogen-bond acceptors (Lipinski definition) is 3. The summed E-state index contributed by atoms with van der Waals surface area (Å²) in [5, 5.41) is 3.64. The van der Waals surface area contributed by atoms with E-state index in [9.17, 15) is 9.59 Å². The Morgan fingerprint density at radius 3 is 2.28 bits per heavy atom. The van der Waals surface area contributed by atoms with Crippen molar-refractivity contribution in [2.75, 3.05) is 0 Å². The first kappa shape index (κ1) is 19.3. The number of carbonyl (C=O) groups is 2. The molecule has 0 spiro atoms. The van der Waals surface area contributed by atoms with E-state index in [2.05, 4.69) is 5.32 Å². The second-order valence-corrected chi connectivity index (χ2v) is 6.75. The van der Waals surface area contributed by atoms with Gasteiger partial charge in [-0.15, -0.1) is 0 Å². The number of hydrogen-bond donors (Lipinski definition) is 1. The minimum Gasteiger partial charge on any atom is -0.459 e. The van der Waals surface area contributed by atoms with Crippen LogP contribution in [0.5, 0.6) is 0 Å². The van der Waals surface area contributed by atoms with Crippen LogP contribution >= 0.6 is 23.2 Å². The molecule has 25 heavy (non-hydrogen) atoms. The van der Waals surface area contributed by atoms with Crippen LogP contribution in [-0.2, 0) is 16.1 Å². The van der Waals surface area contributed by atoms with Crippen molar-refractivity contribution >= 4 is 35.1 Å². The van der Waals surface area contributed by atoms with Crippen molar-refractivity contribution in [3.8, 4) is 0 Å². The Kier molecular flexibility index (Phi) is 6.85. The van der Waals surface area contributed by atoms with Gasteiger partial charge < -0.3 is 10.1 Å². The van der Waals surface area contributed by atoms with E-state index >= 15 is 0 Å². The van der Waals surface area contributed by atoms with Crippen molar-refractivity contribution in [1.29, 1.82) is 0 Å². The third-order valence-corrected chi connectivity index (χ3v) is 4.20. The lowest BCUT2D eigenvalue weighted by molar-refractivity contribution is -0.148. The molecule has 0 fully saturated rings. The van der Waals surface area contributed by atoms with E-state index in [1.165, 1.54) is 0 Å². The molecule has 2 aromatic carbocycles. The van der Waals surface area contributed by atoms with Gasteiger partial charge in [0.05, 0.1) is 10.6 Å².